The van der Waals surface area contributed by atoms with Crippen molar-refractivity contribution in [1.29, 1.82) is 0 Å². The summed E-state index contributed by atoms with van der Waals surface area (Å²) < 4.78 is 78.8. The van der Waals surface area contributed by atoms with Crippen molar-refractivity contribution >= 4 is 22.4 Å². The number of alkyl halides is 6. The summed E-state index contributed by atoms with van der Waals surface area (Å²) in [4.78, 5) is 0. The minimum absolute atomic E-state index is 0.101. The molecule has 3 nitrogen and oxygen atoms in total. The van der Waals surface area contributed by atoms with Gasteiger partial charge in [-0.3, -0.25) is 0 Å². The Morgan fingerprint density at radius 1 is 0.905 bits per heavy atom. The van der Waals surface area contributed by atoms with E-state index < -0.39 is 24.3 Å². The highest BCUT2D eigenvalue weighted by atomic mass is 35.5. The van der Waals surface area contributed by atoms with Crippen LogP contribution in [0.2, 0.25) is 5.15 Å². The van der Waals surface area contributed by atoms with Gasteiger partial charge in [-0.05, 0) is 6.07 Å². The maximum atomic E-state index is 12.5. The van der Waals surface area contributed by atoms with Gasteiger partial charge in [0.15, 0.2) is 5.15 Å². The van der Waals surface area contributed by atoms with Gasteiger partial charge < -0.3 is 4.74 Å². The monoisotopic (exact) mass is 330 g/mol. The highest BCUT2D eigenvalue weighted by molar-refractivity contribution is 6.34. The van der Waals surface area contributed by atoms with E-state index in [0.717, 1.165) is 0 Å². The third kappa shape index (κ3) is 3.29. The summed E-state index contributed by atoms with van der Waals surface area (Å²) in [5, 5.41) is 6.32. The molecular formula is C11H5ClF6N2O. The van der Waals surface area contributed by atoms with Crippen LogP contribution in [0.3, 0.4) is 0 Å². The molecule has 0 bridgehead atoms. The molecule has 0 aliphatic carbocycles. The molecule has 10 heteroatoms. The molecular weight excluding hydrogens is 326 g/mol. The van der Waals surface area contributed by atoms with Crippen molar-refractivity contribution in [3.63, 3.8) is 0 Å². The molecule has 114 valence electrons. The lowest BCUT2D eigenvalue weighted by atomic mass is 10.2. The molecule has 2 rings (SSSR count). The van der Waals surface area contributed by atoms with Crippen molar-refractivity contribution in [3.8, 4) is 5.88 Å². The number of fused-ring (bicyclic) bond motifs is 1. The molecule has 0 saturated heterocycles. The Hall–Kier alpha value is -1.77. The van der Waals surface area contributed by atoms with Crippen LogP contribution < -0.4 is 4.74 Å². The SMILES string of the molecule is FC(F)(F)C(Oc1nnc(Cl)c2ccccc12)C(F)(F)F. The Bertz CT molecular complexity index is 643. The second-order valence-electron chi connectivity index (χ2n) is 3.92. The summed E-state index contributed by atoms with van der Waals surface area (Å²) >= 11 is 5.67. The van der Waals surface area contributed by atoms with Crippen molar-refractivity contribution in [2.24, 2.45) is 0 Å². The van der Waals surface area contributed by atoms with Gasteiger partial charge in [0.25, 0.3) is 6.10 Å². The minimum atomic E-state index is -5.64. The molecule has 0 N–H and O–H groups in total. The number of nitrogens with zero attached hydrogens (tertiary/aromatic N) is 2. The normalized spacial score (nSPS) is 13.0. The van der Waals surface area contributed by atoms with Crippen LogP contribution in [0.4, 0.5) is 26.3 Å². The summed E-state index contributed by atoms with van der Waals surface area (Å²) in [5.41, 5.74) is 0. The van der Waals surface area contributed by atoms with Crippen LogP contribution in [0.25, 0.3) is 10.8 Å². The molecule has 1 heterocycles. The highest BCUT2D eigenvalue weighted by Crippen LogP contribution is 2.38. The van der Waals surface area contributed by atoms with Gasteiger partial charge in [0.1, 0.15) is 0 Å². The lowest BCUT2D eigenvalue weighted by molar-refractivity contribution is -0.300. The smallest absolute Gasteiger partial charge is 0.434 e. The van der Waals surface area contributed by atoms with Crippen LogP contribution in [0.5, 0.6) is 5.88 Å². The van der Waals surface area contributed by atoms with Crippen LogP contribution in [0, 0.1) is 0 Å². The molecule has 0 aliphatic rings. The highest BCUT2D eigenvalue weighted by Gasteiger charge is 2.59. The van der Waals surface area contributed by atoms with Crippen molar-refractivity contribution in [1.82, 2.24) is 10.2 Å². The average Bonchev–Trinajstić information content (AvgIpc) is 2.35. The fourth-order valence-electron chi connectivity index (χ4n) is 1.56. The third-order valence-electron chi connectivity index (χ3n) is 2.43. The van der Waals surface area contributed by atoms with Gasteiger partial charge >= 0.3 is 12.4 Å². The number of rotatable bonds is 2. The van der Waals surface area contributed by atoms with Crippen LogP contribution in [0.15, 0.2) is 24.3 Å². The summed E-state index contributed by atoms with van der Waals surface area (Å²) in [6.45, 7) is 0. The van der Waals surface area contributed by atoms with Gasteiger partial charge in [-0.15, -0.1) is 10.2 Å². The van der Waals surface area contributed by atoms with E-state index >= 15 is 0 Å². The fourth-order valence-corrected chi connectivity index (χ4v) is 1.77. The van der Waals surface area contributed by atoms with E-state index in [1.165, 1.54) is 24.3 Å². The first-order valence-corrected chi connectivity index (χ1v) is 5.69. The van der Waals surface area contributed by atoms with E-state index in [9.17, 15) is 26.3 Å². The van der Waals surface area contributed by atoms with Gasteiger partial charge in [0, 0.05) is 10.8 Å². The van der Waals surface area contributed by atoms with Gasteiger partial charge in [0.2, 0.25) is 5.88 Å². The van der Waals surface area contributed by atoms with Gasteiger partial charge in [-0.1, -0.05) is 29.8 Å². The van der Waals surface area contributed by atoms with Gasteiger partial charge in [0.05, 0.1) is 0 Å². The number of hydrogen-bond acceptors (Lipinski definition) is 3. The van der Waals surface area contributed by atoms with Crippen molar-refractivity contribution < 1.29 is 31.1 Å². The average molecular weight is 331 g/mol. The van der Waals surface area contributed by atoms with Gasteiger partial charge in [-0.2, -0.15) is 26.3 Å². The Balaban J connectivity index is 2.50. The topological polar surface area (TPSA) is 35.0 Å². The number of benzene rings is 1. The predicted molar refractivity (Wildman–Crippen MR) is 61.1 cm³/mol. The van der Waals surface area contributed by atoms with Crippen LogP contribution in [-0.2, 0) is 0 Å². The Morgan fingerprint density at radius 2 is 1.43 bits per heavy atom. The van der Waals surface area contributed by atoms with E-state index in [-0.39, 0.29) is 15.9 Å². The van der Waals surface area contributed by atoms with Crippen molar-refractivity contribution in [2.45, 2.75) is 18.5 Å². The maximum Gasteiger partial charge on any atom is 0.434 e. The standard InChI is InChI=1S/C11H5ClF6N2O/c12-7-5-3-1-2-4-6(5)8(20-19-7)21-9(10(13,14)15)11(16,17)18/h1-4,9H. The van der Waals surface area contributed by atoms with Crippen LogP contribution in [0.1, 0.15) is 0 Å². The molecule has 2 aromatic rings. The fraction of sp³-hybridized carbons (Fsp3) is 0.273. The first kappa shape index (κ1) is 15.6. The lowest BCUT2D eigenvalue weighted by Crippen LogP contribution is -2.46. The predicted octanol–water partition coefficient (Wildman–Crippen LogP) is 4.16. The maximum absolute atomic E-state index is 12.5. The molecule has 21 heavy (non-hydrogen) atoms. The molecule has 0 saturated carbocycles. The molecule has 0 unspecified atom stereocenters. The summed E-state index contributed by atoms with van der Waals surface area (Å²) in [7, 11) is 0. The second kappa shape index (κ2) is 5.21. The zero-order valence-electron chi connectivity index (χ0n) is 9.84. The number of ether oxygens (including phenoxy) is 1. The first-order chi connectivity index (χ1) is 9.60. The molecule has 1 aromatic heterocycles. The third-order valence-corrected chi connectivity index (χ3v) is 2.71. The molecule has 0 spiro atoms. The summed E-state index contributed by atoms with van der Waals surface area (Å²) in [6, 6.07) is 5.48. The lowest BCUT2D eigenvalue weighted by Gasteiger charge is -2.23. The van der Waals surface area contributed by atoms with Gasteiger partial charge in [-0.25, -0.2) is 0 Å². The zero-order chi connectivity index (χ0) is 15.8. The van der Waals surface area contributed by atoms with E-state index in [4.69, 9.17) is 11.6 Å². The van der Waals surface area contributed by atoms with E-state index in [1.807, 2.05) is 0 Å². The van der Waals surface area contributed by atoms with Crippen molar-refractivity contribution in [3.05, 3.63) is 29.4 Å². The molecule has 0 radical (unpaired) electrons. The second-order valence-corrected chi connectivity index (χ2v) is 4.28. The molecule has 0 fully saturated rings. The summed E-state index contributed by atoms with van der Waals surface area (Å²) in [6.07, 6.45) is -15.3. The quantitative estimate of drug-likeness (QED) is 0.776. The Morgan fingerprint density at radius 3 is 1.95 bits per heavy atom. The van der Waals surface area contributed by atoms with E-state index in [0.29, 0.717) is 0 Å². The molecule has 0 atom stereocenters. The van der Waals surface area contributed by atoms with E-state index in [2.05, 4.69) is 14.9 Å². The Labute approximate surface area is 118 Å². The number of aromatic nitrogens is 2. The summed E-state index contributed by atoms with van der Waals surface area (Å²) in [5.74, 6) is -0.894. The van der Waals surface area contributed by atoms with Crippen molar-refractivity contribution in [2.75, 3.05) is 0 Å². The molecule has 0 amide bonds. The Kier molecular flexibility index (Phi) is 3.87. The van der Waals surface area contributed by atoms with Crippen LogP contribution in [-0.4, -0.2) is 28.7 Å². The largest absolute Gasteiger partial charge is 0.453 e. The molecule has 0 aliphatic heterocycles. The van der Waals surface area contributed by atoms with E-state index in [1.54, 1.807) is 0 Å². The zero-order valence-corrected chi connectivity index (χ0v) is 10.6. The number of hydrogen-bond donors (Lipinski definition) is 0. The minimum Gasteiger partial charge on any atom is -0.453 e. The molecule has 1 aromatic carbocycles. The number of halogens is 7. The first-order valence-electron chi connectivity index (χ1n) is 5.31. The van der Waals surface area contributed by atoms with Crippen LogP contribution >= 0.6 is 11.6 Å².